The minimum atomic E-state index is -0.796. The van der Waals surface area contributed by atoms with Gasteiger partial charge in [-0.3, -0.25) is 0 Å². The fourth-order valence-corrected chi connectivity index (χ4v) is 1.30. The van der Waals surface area contributed by atoms with E-state index in [4.69, 9.17) is 5.11 Å². The summed E-state index contributed by atoms with van der Waals surface area (Å²) in [4.78, 5) is 10.6. The molecule has 0 radical (unpaired) electrons. The Morgan fingerprint density at radius 1 is 1.46 bits per heavy atom. The topological polar surface area (TPSA) is 37.3 Å². The Balaban J connectivity index is 4.09. The van der Waals surface area contributed by atoms with Crippen LogP contribution in [0.1, 0.15) is 46.5 Å². The third-order valence-electron chi connectivity index (χ3n) is 2.28. The molecular formula is C11H20O2. The molecule has 0 unspecified atom stereocenters. The van der Waals surface area contributed by atoms with Gasteiger partial charge in [-0.15, -0.1) is 0 Å². The lowest BCUT2D eigenvalue weighted by Crippen LogP contribution is -2.01. The van der Waals surface area contributed by atoms with Gasteiger partial charge in [0.25, 0.3) is 0 Å². The quantitative estimate of drug-likeness (QED) is 0.643. The molecule has 0 aliphatic heterocycles. The van der Waals surface area contributed by atoms with Crippen LogP contribution in [0.3, 0.4) is 0 Å². The van der Waals surface area contributed by atoms with Gasteiger partial charge in [-0.05, 0) is 25.7 Å². The zero-order valence-corrected chi connectivity index (χ0v) is 8.84. The summed E-state index contributed by atoms with van der Waals surface area (Å²) < 4.78 is 0. The Labute approximate surface area is 80.7 Å². The molecule has 0 saturated carbocycles. The molecule has 0 rings (SSSR count). The van der Waals surface area contributed by atoms with E-state index in [9.17, 15) is 4.79 Å². The normalized spacial score (nSPS) is 14.2. The van der Waals surface area contributed by atoms with Crippen LogP contribution in [0.15, 0.2) is 11.6 Å². The third-order valence-corrected chi connectivity index (χ3v) is 2.28. The number of carboxylic acids is 1. The van der Waals surface area contributed by atoms with Gasteiger partial charge in [0.2, 0.25) is 0 Å². The van der Waals surface area contributed by atoms with Crippen molar-refractivity contribution in [3.63, 3.8) is 0 Å². The molecule has 0 aliphatic rings. The summed E-state index contributed by atoms with van der Waals surface area (Å²) in [6.45, 7) is 5.92. The van der Waals surface area contributed by atoms with E-state index < -0.39 is 5.97 Å². The number of unbranched alkanes of at least 4 members (excludes halogenated alkanes) is 1. The summed E-state index contributed by atoms with van der Waals surface area (Å²) in [7, 11) is 0. The van der Waals surface area contributed by atoms with Gasteiger partial charge < -0.3 is 5.11 Å². The maximum absolute atomic E-state index is 10.6. The summed E-state index contributed by atoms with van der Waals surface area (Å²) in [5.74, 6) is -0.356. The van der Waals surface area contributed by atoms with Gasteiger partial charge in [-0.25, -0.2) is 4.79 Å². The highest BCUT2D eigenvalue weighted by Gasteiger charge is 2.06. The Hall–Kier alpha value is -0.790. The van der Waals surface area contributed by atoms with Gasteiger partial charge in [0.1, 0.15) is 0 Å². The van der Waals surface area contributed by atoms with Crippen molar-refractivity contribution in [1.29, 1.82) is 0 Å². The van der Waals surface area contributed by atoms with Crippen LogP contribution >= 0.6 is 0 Å². The minimum Gasteiger partial charge on any atom is -0.478 e. The van der Waals surface area contributed by atoms with Crippen LogP contribution in [-0.2, 0) is 4.79 Å². The maximum atomic E-state index is 10.6. The average molecular weight is 184 g/mol. The molecule has 1 atom stereocenters. The van der Waals surface area contributed by atoms with E-state index in [0.29, 0.717) is 11.5 Å². The van der Waals surface area contributed by atoms with Crippen molar-refractivity contribution < 1.29 is 9.90 Å². The number of carbonyl (C=O) groups is 1. The van der Waals surface area contributed by atoms with Crippen molar-refractivity contribution in [3.8, 4) is 0 Å². The Morgan fingerprint density at radius 2 is 2.08 bits per heavy atom. The molecule has 0 heterocycles. The molecule has 2 nitrogen and oxygen atoms in total. The van der Waals surface area contributed by atoms with Crippen LogP contribution in [0.25, 0.3) is 0 Å². The van der Waals surface area contributed by atoms with Gasteiger partial charge >= 0.3 is 5.97 Å². The van der Waals surface area contributed by atoms with E-state index in [0.717, 1.165) is 12.8 Å². The lowest BCUT2D eigenvalue weighted by Gasteiger charge is -2.09. The summed E-state index contributed by atoms with van der Waals surface area (Å²) in [5, 5.41) is 8.68. The number of allylic oxidation sites excluding steroid dienone is 1. The van der Waals surface area contributed by atoms with E-state index in [2.05, 4.69) is 13.8 Å². The largest absolute Gasteiger partial charge is 0.478 e. The molecule has 0 aromatic rings. The SMILES string of the molecule is CCCC[C@H](/C=C(/C)C(=O)O)CC. The van der Waals surface area contributed by atoms with E-state index in [1.165, 1.54) is 12.8 Å². The van der Waals surface area contributed by atoms with E-state index >= 15 is 0 Å². The van der Waals surface area contributed by atoms with E-state index in [1.54, 1.807) is 6.92 Å². The van der Waals surface area contributed by atoms with Crippen LogP contribution in [0.5, 0.6) is 0 Å². The smallest absolute Gasteiger partial charge is 0.330 e. The number of carboxylic acid groups (broad SMARTS) is 1. The van der Waals surface area contributed by atoms with Gasteiger partial charge in [-0.2, -0.15) is 0 Å². The summed E-state index contributed by atoms with van der Waals surface area (Å²) in [5.41, 5.74) is 0.475. The van der Waals surface area contributed by atoms with Gasteiger partial charge in [0.15, 0.2) is 0 Å². The summed E-state index contributed by atoms with van der Waals surface area (Å²) in [6.07, 6.45) is 6.39. The Morgan fingerprint density at radius 3 is 2.46 bits per heavy atom. The highest BCUT2D eigenvalue weighted by molar-refractivity contribution is 5.85. The van der Waals surface area contributed by atoms with Crippen LogP contribution in [0, 0.1) is 5.92 Å². The standard InChI is InChI=1S/C11H20O2/c1-4-6-7-10(5-2)8-9(3)11(12)13/h8,10H,4-7H2,1-3H3,(H,12,13)/b9-8-/t10-/m1/s1. The van der Waals surface area contributed by atoms with Crippen molar-refractivity contribution in [2.24, 2.45) is 5.92 Å². The second-order valence-electron chi connectivity index (χ2n) is 3.47. The number of aliphatic carboxylic acids is 1. The first kappa shape index (κ1) is 12.2. The van der Waals surface area contributed by atoms with Gasteiger partial charge in [0, 0.05) is 5.57 Å². The highest BCUT2D eigenvalue weighted by Crippen LogP contribution is 2.15. The van der Waals surface area contributed by atoms with Crippen molar-refractivity contribution in [3.05, 3.63) is 11.6 Å². The minimum absolute atomic E-state index is 0.441. The molecule has 2 heteroatoms. The van der Waals surface area contributed by atoms with Crippen LogP contribution in [-0.4, -0.2) is 11.1 Å². The van der Waals surface area contributed by atoms with Crippen molar-refractivity contribution in [2.45, 2.75) is 46.5 Å². The highest BCUT2D eigenvalue weighted by atomic mass is 16.4. The molecule has 0 fully saturated rings. The molecule has 76 valence electrons. The summed E-state index contributed by atoms with van der Waals surface area (Å²) >= 11 is 0. The molecule has 0 spiro atoms. The number of hydrogen-bond donors (Lipinski definition) is 1. The van der Waals surface area contributed by atoms with Gasteiger partial charge in [0.05, 0.1) is 0 Å². The lowest BCUT2D eigenvalue weighted by molar-refractivity contribution is -0.132. The molecule has 1 N–H and O–H groups in total. The number of hydrogen-bond acceptors (Lipinski definition) is 1. The molecule has 0 saturated heterocycles. The van der Waals surface area contributed by atoms with Gasteiger partial charge in [-0.1, -0.05) is 32.8 Å². The second kappa shape index (κ2) is 6.70. The van der Waals surface area contributed by atoms with E-state index in [1.807, 2.05) is 6.08 Å². The molecule has 0 bridgehead atoms. The fourth-order valence-electron chi connectivity index (χ4n) is 1.30. The Bertz CT molecular complexity index is 183. The molecule has 0 aliphatic carbocycles. The average Bonchev–Trinajstić information content (AvgIpc) is 2.11. The molecular weight excluding hydrogens is 164 g/mol. The monoisotopic (exact) mass is 184 g/mol. The molecule has 0 aromatic heterocycles. The van der Waals surface area contributed by atoms with Crippen LogP contribution < -0.4 is 0 Å². The first-order chi connectivity index (χ1) is 6.11. The zero-order valence-electron chi connectivity index (χ0n) is 8.84. The number of rotatable bonds is 6. The van der Waals surface area contributed by atoms with Crippen molar-refractivity contribution in [1.82, 2.24) is 0 Å². The first-order valence-electron chi connectivity index (χ1n) is 5.03. The predicted molar refractivity (Wildman–Crippen MR) is 54.7 cm³/mol. The maximum Gasteiger partial charge on any atom is 0.330 e. The lowest BCUT2D eigenvalue weighted by atomic mass is 9.97. The van der Waals surface area contributed by atoms with Crippen molar-refractivity contribution in [2.75, 3.05) is 0 Å². The third kappa shape index (κ3) is 5.45. The van der Waals surface area contributed by atoms with Crippen LogP contribution in [0.4, 0.5) is 0 Å². The molecule has 0 amide bonds. The zero-order chi connectivity index (χ0) is 10.3. The van der Waals surface area contributed by atoms with Crippen molar-refractivity contribution >= 4 is 5.97 Å². The van der Waals surface area contributed by atoms with Crippen LogP contribution in [0.2, 0.25) is 0 Å². The Kier molecular flexibility index (Phi) is 6.29. The van der Waals surface area contributed by atoms with E-state index in [-0.39, 0.29) is 0 Å². The summed E-state index contributed by atoms with van der Waals surface area (Å²) in [6, 6.07) is 0. The fraction of sp³-hybridized carbons (Fsp3) is 0.727. The second-order valence-corrected chi connectivity index (χ2v) is 3.47. The predicted octanol–water partition coefficient (Wildman–Crippen LogP) is 3.23. The first-order valence-corrected chi connectivity index (χ1v) is 5.03. The molecule has 13 heavy (non-hydrogen) atoms. The molecule has 0 aromatic carbocycles.